The van der Waals surface area contributed by atoms with Gasteiger partial charge in [0.05, 0.1) is 6.42 Å². The fraction of sp³-hybridized carbons (Fsp3) is 0.562. The molecule has 1 aromatic carbocycles. The van der Waals surface area contributed by atoms with Crippen molar-refractivity contribution in [2.45, 2.75) is 31.7 Å². The Kier molecular flexibility index (Phi) is 3.99. The van der Waals surface area contributed by atoms with Gasteiger partial charge in [-0.15, -0.1) is 0 Å². The van der Waals surface area contributed by atoms with E-state index in [0.717, 1.165) is 31.5 Å². The van der Waals surface area contributed by atoms with E-state index in [0.29, 0.717) is 29.3 Å². The van der Waals surface area contributed by atoms with Crippen molar-refractivity contribution in [1.29, 1.82) is 0 Å². The highest BCUT2D eigenvalue weighted by Gasteiger charge is 2.38. The third kappa shape index (κ3) is 2.99. The molecule has 1 heterocycles. The lowest BCUT2D eigenvalue weighted by molar-refractivity contribution is -0.129. The van der Waals surface area contributed by atoms with E-state index in [2.05, 4.69) is 0 Å². The van der Waals surface area contributed by atoms with E-state index in [1.807, 2.05) is 29.2 Å². The topological polar surface area (TPSA) is 46.3 Å². The lowest BCUT2D eigenvalue weighted by atomic mass is 9.79. The lowest BCUT2D eigenvalue weighted by Gasteiger charge is -2.27. The first-order valence-corrected chi connectivity index (χ1v) is 7.77. The van der Waals surface area contributed by atoms with Gasteiger partial charge in [0.25, 0.3) is 0 Å². The maximum absolute atomic E-state index is 12.4. The van der Waals surface area contributed by atoms with Crippen LogP contribution in [0.4, 0.5) is 0 Å². The highest BCUT2D eigenvalue weighted by Crippen LogP contribution is 2.35. The summed E-state index contributed by atoms with van der Waals surface area (Å²) in [4.78, 5) is 14.4. The van der Waals surface area contributed by atoms with Crippen molar-refractivity contribution >= 4 is 17.5 Å². The Balaban J connectivity index is 1.60. The van der Waals surface area contributed by atoms with Gasteiger partial charge in [-0.1, -0.05) is 23.7 Å². The van der Waals surface area contributed by atoms with Gasteiger partial charge in [-0.25, -0.2) is 0 Å². The number of carbonyl (C=O) groups excluding carboxylic acids is 1. The Hall–Kier alpha value is -1.06. The predicted octanol–water partition coefficient (Wildman–Crippen LogP) is 2.47. The van der Waals surface area contributed by atoms with Crippen LogP contribution in [0.5, 0.6) is 0 Å². The van der Waals surface area contributed by atoms with Crippen molar-refractivity contribution in [3.63, 3.8) is 0 Å². The summed E-state index contributed by atoms with van der Waals surface area (Å²) < 4.78 is 0. The first-order chi connectivity index (χ1) is 9.61. The number of benzene rings is 1. The molecule has 0 spiro atoms. The van der Waals surface area contributed by atoms with Crippen LogP contribution in [0, 0.1) is 11.8 Å². The van der Waals surface area contributed by atoms with Crippen LogP contribution >= 0.6 is 11.6 Å². The Morgan fingerprint density at radius 3 is 2.65 bits per heavy atom. The lowest BCUT2D eigenvalue weighted by Crippen LogP contribution is -2.32. The summed E-state index contributed by atoms with van der Waals surface area (Å²) in [5, 5.41) is 0.711. The van der Waals surface area contributed by atoms with E-state index in [9.17, 15) is 4.79 Å². The molecule has 2 fully saturated rings. The van der Waals surface area contributed by atoms with Crippen LogP contribution < -0.4 is 5.73 Å². The summed E-state index contributed by atoms with van der Waals surface area (Å²) in [6.45, 7) is 1.81. The van der Waals surface area contributed by atoms with Crippen molar-refractivity contribution in [2.24, 2.45) is 17.6 Å². The molecule has 1 aliphatic heterocycles. The third-order valence-electron chi connectivity index (χ3n) is 4.71. The molecular formula is C16H21ClN2O. The van der Waals surface area contributed by atoms with Crippen LogP contribution in [0.3, 0.4) is 0 Å². The van der Waals surface area contributed by atoms with Crippen LogP contribution in [0.2, 0.25) is 5.02 Å². The summed E-state index contributed by atoms with van der Waals surface area (Å²) >= 11 is 5.86. The van der Waals surface area contributed by atoms with Crippen molar-refractivity contribution in [3.8, 4) is 0 Å². The molecule has 2 N–H and O–H groups in total. The molecule has 1 aromatic rings. The van der Waals surface area contributed by atoms with Gasteiger partial charge in [0.15, 0.2) is 0 Å². The Morgan fingerprint density at radius 2 is 1.90 bits per heavy atom. The minimum atomic E-state index is 0.232. The van der Waals surface area contributed by atoms with E-state index < -0.39 is 0 Å². The number of fused-ring (bicyclic) bond motifs is 1. The van der Waals surface area contributed by atoms with E-state index >= 15 is 0 Å². The van der Waals surface area contributed by atoms with E-state index in [1.54, 1.807) is 0 Å². The fourth-order valence-corrected chi connectivity index (χ4v) is 3.69. The molecule has 2 aliphatic rings. The normalized spacial score (nSPS) is 29.3. The number of hydrogen-bond acceptors (Lipinski definition) is 2. The molecule has 1 aliphatic carbocycles. The number of carbonyl (C=O) groups is 1. The average Bonchev–Trinajstić information content (AvgIpc) is 2.84. The van der Waals surface area contributed by atoms with Crippen molar-refractivity contribution in [1.82, 2.24) is 4.90 Å². The zero-order valence-corrected chi connectivity index (χ0v) is 12.4. The van der Waals surface area contributed by atoms with Gasteiger partial charge in [-0.2, -0.15) is 0 Å². The Bertz CT molecular complexity index is 488. The second kappa shape index (κ2) is 5.74. The molecule has 3 rings (SSSR count). The van der Waals surface area contributed by atoms with E-state index in [1.165, 1.54) is 6.42 Å². The first-order valence-electron chi connectivity index (χ1n) is 7.39. The van der Waals surface area contributed by atoms with Crippen LogP contribution in [0.25, 0.3) is 0 Å². The quantitative estimate of drug-likeness (QED) is 0.910. The SMILES string of the molecule is NC1CC[C@@H]2CN(C(=O)Cc3ccc(Cl)cc3)C[C@@H]2C1. The molecule has 20 heavy (non-hydrogen) atoms. The van der Waals surface area contributed by atoms with E-state index in [4.69, 9.17) is 17.3 Å². The van der Waals surface area contributed by atoms with Crippen LogP contribution in [-0.2, 0) is 11.2 Å². The summed E-state index contributed by atoms with van der Waals surface area (Å²) in [6.07, 6.45) is 3.84. The highest BCUT2D eigenvalue weighted by atomic mass is 35.5. The second-order valence-corrected chi connectivity index (χ2v) is 6.63. The zero-order chi connectivity index (χ0) is 14.1. The van der Waals surface area contributed by atoms with Crippen molar-refractivity contribution in [3.05, 3.63) is 34.9 Å². The van der Waals surface area contributed by atoms with Gasteiger partial charge in [-0.3, -0.25) is 4.79 Å². The molecule has 1 unspecified atom stereocenters. The van der Waals surface area contributed by atoms with E-state index in [-0.39, 0.29) is 5.91 Å². The van der Waals surface area contributed by atoms with Gasteiger partial charge in [0, 0.05) is 24.2 Å². The maximum atomic E-state index is 12.4. The molecule has 108 valence electrons. The van der Waals surface area contributed by atoms with Gasteiger partial charge in [-0.05, 0) is 48.8 Å². The monoisotopic (exact) mass is 292 g/mol. The third-order valence-corrected chi connectivity index (χ3v) is 4.96. The van der Waals surface area contributed by atoms with Crippen LogP contribution in [-0.4, -0.2) is 29.9 Å². The number of likely N-dealkylation sites (tertiary alicyclic amines) is 1. The zero-order valence-electron chi connectivity index (χ0n) is 11.6. The molecule has 0 bridgehead atoms. The molecule has 1 saturated carbocycles. The molecule has 0 aromatic heterocycles. The highest BCUT2D eigenvalue weighted by molar-refractivity contribution is 6.30. The predicted molar refractivity (Wildman–Crippen MR) is 80.5 cm³/mol. The molecule has 3 atom stereocenters. The number of amides is 1. The largest absolute Gasteiger partial charge is 0.342 e. The summed E-state index contributed by atoms with van der Waals surface area (Å²) in [5.74, 6) is 1.52. The molecule has 4 heteroatoms. The Morgan fingerprint density at radius 1 is 1.20 bits per heavy atom. The van der Waals surface area contributed by atoms with Crippen LogP contribution in [0.15, 0.2) is 24.3 Å². The van der Waals surface area contributed by atoms with Gasteiger partial charge >= 0.3 is 0 Å². The number of nitrogens with zero attached hydrogens (tertiary/aromatic N) is 1. The smallest absolute Gasteiger partial charge is 0.227 e. The van der Waals surface area contributed by atoms with Crippen LogP contribution in [0.1, 0.15) is 24.8 Å². The second-order valence-electron chi connectivity index (χ2n) is 6.20. The minimum absolute atomic E-state index is 0.232. The van der Waals surface area contributed by atoms with Gasteiger partial charge < -0.3 is 10.6 Å². The number of rotatable bonds is 2. The van der Waals surface area contributed by atoms with Crippen molar-refractivity contribution in [2.75, 3.05) is 13.1 Å². The molecule has 0 radical (unpaired) electrons. The Labute approximate surface area is 125 Å². The first kappa shape index (κ1) is 13.9. The molecular weight excluding hydrogens is 272 g/mol. The number of hydrogen-bond donors (Lipinski definition) is 1. The average molecular weight is 293 g/mol. The fourth-order valence-electron chi connectivity index (χ4n) is 3.56. The van der Waals surface area contributed by atoms with Crippen molar-refractivity contribution < 1.29 is 4.79 Å². The maximum Gasteiger partial charge on any atom is 0.227 e. The van der Waals surface area contributed by atoms with Gasteiger partial charge in [0.1, 0.15) is 0 Å². The standard InChI is InChI=1S/C16H21ClN2O/c17-14-4-1-11(2-5-14)7-16(20)19-9-12-3-6-15(18)8-13(12)10-19/h1-2,4-5,12-13,15H,3,6-10,18H2/t12-,13+,15?/m1/s1. The molecule has 1 saturated heterocycles. The number of halogens is 1. The molecule has 3 nitrogen and oxygen atoms in total. The summed E-state index contributed by atoms with van der Waals surface area (Å²) in [5.41, 5.74) is 7.07. The summed E-state index contributed by atoms with van der Waals surface area (Å²) in [7, 11) is 0. The number of nitrogens with two attached hydrogens (primary N) is 1. The van der Waals surface area contributed by atoms with Gasteiger partial charge in [0.2, 0.25) is 5.91 Å². The minimum Gasteiger partial charge on any atom is -0.342 e. The summed E-state index contributed by atoms with van der Waals surface area (Å²) in [6, 6.07) is 7.88. The molecule has 1 amide bonds.